The van der Waals surface area contributed by atoms with Crippen LogP contribution >= 0.6 is 0 Å². The lowest BCUT2D eigenvalue weighted by Gasteiger charge is -2.31. The summed E-state index contributed by atoms with van der Waals surface area (Å²) in [6.07, 6.45) is 2.15. The van der Waals surface area contributed by atoms with Gasteiger partial charge in [-0.25, -0.2) is 26.7 Å². The molecule has 34 heavy (non-hydrogen) atoms. The van der Waals surface area contributed by atoms with Crippen molar-refractivity contribution in [1.29, 1.82) is 0 Å². The number of rotatable bonds is 5. The molecule has 1 saturated heterocycles. The second kappa shape index (κ2) is 8.61. The monoisotopic (exact) mass is 492 g/mol. The Labute approximate surface area is 199 Å². The molecule has 4 rings (SSSR count). The second-order valence-corrected chi connectivity index (χ2v) is 12.2. The minimum Gasteiger partial charge on any atom is -0.444 e. The van der Waals surface area contributed by atoms with Gasteiger partial charge in [0.2, 0.25) is 10.0 Å². The lowest BCUT2D eigenvalue weighted by molar-refractivity contribution is 0.0213. The normalized spacial score (nSPS) is 21.6. The molecule has 0 unspecified atom stereocenters. The molecule has 6 nitrogen and oxygen atoms in total. The van der Waals surface area contributed by atoms with Gasteiger partial charge in [-0.1, -0.05) is 30.3 Å². The van der Waals surface area contributed by atoms with Crippen molar-refractivity contribution in [1.82, 2.24) is 9.62 Å². The number of nitrogens with one attached hydrogen (secondary N) is 1. The molecule has 1 aliphatic heterocycles. The van der Waals surface area contributed by atoms with Crippen molar-refractivity contribution in [3.63, 3.8) is 0 Å². The Morgan fingerprint density at radius 1 is 1.18 bits per heavy atom. The van der Waals surface area contributed by atoms with Crippen LogP contribution < -0.4 is 4.72 Å². The summed E-state index contributed by atoms with van der Waals surface area (Å²) in [6, 6.07) is 9.36. The van der Waals surface area contributed by atoms with Gasteiger partial charge in [-0.05, 0) is 63.3 Å². The topological polar surface area (TPSA) is 75.7 Å². The zero-order chi connectivity index (χ0) is 24.9. The van der Waals surface area contributed by atoms with Crippen LogP contribution in [0.2, 0.25) is 0 Å². The van der Waals surface area contributed by atoms with Crippen molar-refractivity contribution in [2.24, 2.45) is 5.41 Å². The van der Waals surface area contributed by atoms with E-state index in [0.717, 1.165) is 19.1 Å². The Hall–Kier alpha value is -2.52. The number of nitrogens with zero attached hydrogens (tertiary/aromatic N) is 1. The van der Waals surface area contributed by atoms with Gasteiger partial charge in [0.05, 0.1) is 12.3 Å². The molecule has 0 radical (unpaired) electrons. The SMILES string of the molecule is CC(C)(C)OC(=O)N1CC2(CC2)[C@H](NS(C)(=O)=O)[C@@H]1Cc1cccc(-c2cccc(F)c2)c1F. The lowest BCUT2D eigenvalue weighted by atomic mass is 9.91. The highest BCUT2D eigenvalue weighted by atomic mass is 32.2. The minimum atomic E-state index is -3.58. The molecule has 1 saturated carbocycles. The van der Waals surface area contributed by atoms with E-state index in [-0.39, 0.29) is 17.4 Å². The van der Waals surface area contributed by atoms with Gasteiger partial charge in [0.1, 0.15) is 17.2 Å². The number of likely N-dealkylation sites (tertiary alicyclic amines) is 1. The summed E-state index contributed by atoms with van der Waals surface area (Å²) in [5, 5.41) is 0. The number of ether oxygens (including phenoxy) is 1. The van der Waals surface area contributed by atoms with E-state index in [1.54, 1.807) is 45.0 Å². The smallest absolute Gasteiger partial charge is 0.410 e. The van der Waals surface area contributed by atoms with Crippen LogP contribution in [-0.2, 0) is 21.2 Å². The second-order valence-electron chi connectivity index (χ2n) is 10.4. The van der Waals surface area contributed by atoms with Crippen LogP contribution in [0.15, 0.2) is 42.5 Å². The molecule has 2 aromatic carbocycles. The van der Waals surface area contributed by atoms with Crippen molar-refractivity contribution < 1.29 is 26.7 Å². The summed E-state index contributed by atoms with van der Waals surface area (Å²) >= 11 is 0. The van der Waals surface area contributed by atoms with Crippen LogP contribution in [0.1, 0.15) is 39.2 Å². The molecular weight excluding hydrogens is 462 g/mol. The Morgan fingerprint density at radius 3 is 2.44 bits per heavy atom. The molecule has 2 aromatic rings. The van der Waals surface area contributed by atoms with Gasteiger partial charge in [0.15, 0.2) is 0 Å². The summed E-state index contributed by atoms with van der Waals surface area (Å²) in [5.74, 6) is -0.991. The highest BCUT2D eigenvalue weighted by Crippen LogP contribution is 2.55. The van der Waals surface area contributed by atoms with Crippen molar-refractivity contribution >= 4 is 16.1 Å². The number of benzene rings is 2. The molecule has 9 heteroatoms. The summed E-state index contributed by atoms with van der Waals surface area (Å²) in [4.78, 5) is 14.6. The number of amides is 1. The van der Waals surface area contributed by atoms with Crippen LogP contribution in [0.3, 0.4) is 0 Å². The maximum atomic E-state index is 15.6. The molecule has 184 valence electrons. The van der Waals surface area contributed by atoms with E-state index in [9.17, 15) is 17.6 Å². The van der Waals surface area contributed by atoms with Crippen molar-refractivity contribution in [3.8, 4) is 11.1 Å². The van der Waals surface area contributed by atoms with E-state index in [4.69, 9.17) is 4.74 Å². The molecule has 2 aliphatic rings. The number of hydrogen-bond acceptors (Lipinski definition) is 4. The zero-order valence-corrected chi connectivity index (χ0v) is 20.6. The Morgan fingerprint density at radius 2 is 1.85 bits per heavy atom. The maximum absolute atomic E-state index is 15.6. The molecule has 1 spiro atoms. The first-order valence-electron chi connectivity index (χ1n) is 11.3. The number of hydrogen-bond donors (Lipinski definition) is 1. The first-order chi connectivity index (χ1) is 15.8. The highest BCUT2D eigenvalue weighted by Gasteiger charge is 2.61. The minimum absolute atomic E-state index is 0.0865. The van der Waals surface area contributed by atoms with Crippen LogP contribution in [-0.4, -0.2) is 49.9 Å². The van der Waals surface area contributed by atoms with Crippen LogP contribution in [0.4, 0.5) is 13.6 Å². The first kappa shape index (κ1) is 24.6. The van der Waals surface area contributed by atoms with Gasteiger partial charge in [-0.2, -0.15) is 0 Å². The quantitative estimate of drug-likeness (QED) is 0.667. The van der Waals surface area contributed by atoms with E-state index >= 15 is 4.39 Å². The molecule has 0 bridgehead atoms. The van der Waals surface area contributed by atoms with Crippen LogP contribution in [0.25, 0.3) is 11.1 Å². The van der Waals surface area contributed by atoms with Gasteiger partial charge in [0, 0.05) is 23.6 Å². The van der Waals surface area contributed by atoms with Crippen molar-refractivity contribution in [3.05, 3.63) is 59.7 Å². The van der Waals surface area contributed by atoms with E-state index in [2.05, 4.69) is 4.72 Å². The van der Waals surface area contributed by atoms with Crippen LogP contribution in [0, 0.1) is 17.0 Å². The van der Waals surface area contributed by atoms with Gasteiger partial charge in [-0.3, -0.25) is 0 Å². The van der Waals surface area contributed by atoms with E-state index in [1.165, 1.54) is 23.1 Å². The fraction of sp³-hybridized carbons (Fsp3) is 0.480. The number of carbonyl (C=O) groups excluding carboxylic acids is 1. The summed E-state index contributed by atoms with van der Waals surface area (Å²) < 4.78 is 62.1. The molecule has 2 atom stereocenters. The van der Waals surface area contributed by atoms with Gasteiger partial charge >= 0.3 is 6.09 Å². The third-order valence-corrected chi connectivity index (χ3v) is 7.12. The number of carbonyl (C=O) groups is 1. The molecule has 2 fully saturated rings. The van der Waals surface area contributed by atoms with Crippen molar-refractivity contribution in [2.45, 2.75) is 57.7 Å². The predicted molar refractivity (Wildman–Crippen MR) is 126 cm³/mol. The van der Waals surface area contributed by atoms with Crippen molar-refractivity contribution in [2.75, 3.05) is 12.8 Å². The van der Waals surface area contributed by atoms with E-state index in [0.29, 0.717) is 17.7 Å². The Bertz CT molecular complexity index is 1210. The molecule has 1 amide bonds. The number of sulfonamides is 1. The third kappa shape index (κ3) is 5.25. The average Bonchev–Trinajstić information content (AvgIpc) is 3.43. The van der Waals surface area contributed by atoms with Gasteiger partial charge < -0.3 is 9.64 Å². The lowest BCUT2D eigenvalue weighted by Crippen LogP contribution is -2.50. The first-order valence-corrected chi connectivity index (χ1v) is 13.2. The fourth-order valence-corrected chi connectivity index (χ4v) is 5.67. The molecule has 1 N–H and O–H groups in total. The maximum Gasteiger partial charge on any atom is 0.410 e. The Kier molecular flexibility index (Phi) is 6.23. The number of halogens is 2. The molecular formula is C25H30F2N2O4S. The van der Waals surface area contributed by atoms with E-state index < -0.39 is 45.4 Å². The molecule has 0 aromatic heterocycles. The largest absolute Gasteiger partial charge is 0.444 e. The van der Waals surface area contributed by atoms with E-state index in [1.807, 2.05) is 0 Å². The third-order valence-electron chi connectivity index (χ3n) is 6.43. The predicted octanol–water partition coefficient (Wildman–Crippen LogP) is 4.49. The average molecular weight is 493 g/mol. The summed E-state index contributed by atoms with van der Waals surface area (Å²) in [7, 11) is -3.58. The van der Waals surface area contributed by atoms with Crippen LogP contribution in [0.5, 0.6) is 0 Å². The molecule has 1 heterocycles. The highest BCUT2D eigenvalue weighted by molar-refractivity contribution is 7.88. The Balaban J connectivity index is 1.71. The standard InChI is InChI=1S/C25H30F2N2O4S/c1-24(2,3)33-23(30)29-15-25(11-12-25)22(28-34(4,31)32)20(29)14-17-8-6-10-19(21(17)27)16-7-5-9-18(26)13-16/h5-10,13,20,22,28H,11-12,14-15H2,1-4H3/t20-,22+/m0/s1. The van der Waals surface area contributed by atoms with Gasteiger partial charge in [0.25, 0.3) is 0 Å². The zero-order valence-electron chi connectivity index (χ0n) is 19.8. The summed E-state index contributed by atoms with van der Waals surface area (Å²) in [5.41, 5.74) is -0.157. The molecule has 1 aliphatic carbocycles. The van der Waals surface area contributed by atoms with Gasteiger partial charge in [-0.15, -0.1) is 0 Å². The fourth-order valence-electron chi connectivity index (χ4n) is 4.80. The summed E-state index contributed by atoms with van der Waals surface area (Å²) in [6.45, 7) is 5.62.